The molecule has 8 aliphatic rings. The van der Waals surface area contributed by atoms with Crippen LogP contribution in [-0.4, -0.2) is 122 Å². The van der Waals surface area contributed by atoms with E-state index in [4.69, 9.17) is 20.9 Å². The molecule has 2 saturated heterocycles. The number of rotatable bonds is 6. The van der Waals surface area contributed by atoms with Crippen LogP contribution in [0.2, 0.25) is 0 Å². The number of imidazole rings is 2. The molecule has 4 amide bonds. The zero-order valence-corrected chi connectivity index (χ0v) is 44.4. The van der Waals surface area contributed by atoms with Crippen molar-refractivity contribution < 1.29 is 57.9 Å². The number of primary amides is 2. The molecule has 4 fully saturated rings. The van der Waals surface area contributed by atoms with Gasteiger partial charge in [0.1, 0.15) is 57.9 Å². The van der Waals surface area contributed by atoms with Gasteiger partial charge < -0.3 is 60.3 Å². The molecule has 0 spiro atoms. The van der Waals surface area contributed by atoms with Gasteiger partial charge in [-0.1, -0.05) is 31.1 Å². The summed E-state index contributed by atoms with van der Waals surface area (Å²) in [5, 5.41) is 42.8. The van der Waals surface area contributed by atoms with Gasteiger partial charge in [-0.25, -0.2) is 28.3 Å². The summed E-state index contributed by atoms with van der Waals surface area (Å²) in [6.45, 7) is 17.8. The molecule has 2 aromatic heterocycles. The molecule has 6 aliphatic heterocycles. The predicted octanol–water partition coefficient (Wildman–Crippen LogP) is 7.12. The van der Waals surface area contributed by atoms with Gasteiger partial charge in [0.25, 0.3) is 11.8 Å². The molecule has 8 heterocycles. The number of aliphatic hydroxyl groups excluding tert-OH is 2. The number of carbonyl (C=O) groups excluding carboxylic acids is 4. The van der Waals surface area contributed by atoms with E-state index in [9.17, 15) is 48.4 Å². The summed E-state index contributed by atoms with van der Waals surface area (Å²) in [6, 6.07) is 6.03. The standard InChI is InChI=1S/2C28H33FN4O5.CH4/c2*1-27(2,3)38-26(36)32-12-16(13-32)23(34)22-21(24(30)35)31-25-19-10-14(6-7-28(4,5)37)20(29)11-18(19)15-8-17(9-15)33(22)25;/h2*10-11,15-17,23,34,37H,8-9,12-13H2,1-5H3,(H2,30,35);1H4/t2*15?,17?,23-;/m10./s1. The number of nitrogens with two attached hydrogens (primary N) is 2. The first-order valence-corrected chi connectivity index (χ1v) is 25.6. The lowest BCUT2D eigenvalue weighted by Gasteiger charge is -2.43. The summed E-state index contributed by atoms with van der Waals surface area (Å²) in [6.07, 6.45) is -0.273. The lowest BCUT2D eigenvalue weighted by atomic mass is 9.75. The Morgan fingerprint density at radius 2 is 0.935 bits per heavy atom. The number of ether oxygens (including phenoxy) is 2. The average Bonchev–Trinajstić information content (AvgIpc) is 3.66. The van der Waals surface area contributed by atoms with E-state index in [1.54, 1.807) is 53.7 Å². The number of hydrogen-bond donors (Lipinski definition) is 6. The summed E-state index contributed by atoms with van der Waals surface area (Å²) < 4.78 is 44.5. The average molecular weight is 1070 g/mol. The molecule has 412 valence electrons. The third kappa shape index (κ3) is 11.2. The lowest BCUT2D eigenvalue weighted by molar-refractivity contribution is -0.0348. The number of aromatic nitrogens is 4. The topological polar surface area (TPSA) is 262 Å². The number of aliphatic hydroxyl groups is 4. The summed E-state index contributed by atoms with van der Waals surface area (Å²) >= 11 is 0. The highest BCUT2D eigenvalue weighted by Gasteiger charge is 2.48. The van der Waals surface area contributed by atoms with Crippen molar-refractivity contribution in [2.24, 2.45) is 23.3 Å². The van der Waals surface area contributed by atoms with Gasteiger partial charge in [0.2, 0.25) is 0 Å². The van der Waals surface area contributed by atoms with Crippen LogP contribution in [-0.2, 0) is 9.47 Å². The van der Waals surface area contributed by atoms with E-state index in [-0.39, 0.29) is 91.9 Å². The van der Waals surface area contributed by atoms with Crippen LogP contribution in [0.1, 0.15) is 193 Å². The molecule has 0 radical (unpaired) electrons. The van der Waals surface area contributed by atoms with E-state index in [2.05, 4.69) is 33.6 Å². The van der Waals surface area contributed by atoms with E-state index in [1.165, 1.54) is 49.6 Å². The number of amides is 4. The van der Waals surface area contributed by atoms with Crippen molar-refractivity contribution in [3.05, 3.63) is 80.9 Å². The van der Waals surface area contributed by atoms with Crippen LogP contribution < -0.4 is 11.5 Å². The molecular formula is C57H70F2N8O10. The first-order chi connectivity index (χ1) is 35.3. The van der Waals surface area contributed by atoms with Gasteiger partial charge in [-0.2, -0.15) is 0 Å². The second-order valence-corrected chi connectivity index (χ2v) is 24.1. The third-order valence-electron chi connectivity index (χ3n) is 14.5. The SMILES string of the molecule is C.CC(C)(O)C#Cc1cc2c(cc1F)C1CC(C1)n1c-2nc(C(N)=O)c1[C@@H](O)C1CN(C(=O)OC(C)(C)C)C1.CC(C)(O)C#Cc1cc2c(cc1F)C1CC(C1)n1c-2nc(C(N)=O)c1[C@H](O)C1CN(C(=O)OC(C)(C)C)C1. The van der Waals surface area contributed by atoms with Crippen molar-refractivity contribution in [2.75, 3.05) is 26.2 Å². The second kappa shape index (κ2) is 19.9. The minimum atomic E-state index is -1.30. The van der Waals surface area contributed by atoms with Crippen molar-refractivity contribution in [2.45, 2.75) is 161 Å². The maximum Gasteiger partial charge on any atom is 0.410 e. The molecule has 4 aromatic rings. The summed E-state index contributed by atoms with van der Waals surface area (Å²) in [4.78, 5) is 61.9. The molecule has 2 aliphatic carbocycles. The Morgan fingerprint density at radius 1 is 0.610 bits per heavy atom. The van der Waals surface area contributed by atoms with Crippen molar-refractivity contribution in [1.82, 2.24) is 28.9 Å². The Morgan fingerprint density at radius 3 is 1.22 bits per heavy atom. The quantitative estimate of drug-likeness (QED) is 0.106. The van der Waals surface area contributed by atoms with Crippen LogP contribution in [0.25, 0.3) is 22.8 Å². The minimum Gasteiger partial charge on any atom is -0.444 e. The fraction of sp³-hybridized carbons (Fsp3) is 0.544. The zero-order valence-electron chi connectivity index (χ0n) is 44.4. The molecule has 77 heavy (non-hydrogen) atoms. The Bertz CT molecular complexity index is 2970. The molecule has 4 bridgehead atoms. The van der Waals surface area contributed by atoms with Crippen LogP contribution in [0, 0.1) is 47.2 Å². The molecular weight excluding hydrogens is 995 g/mol. The highest BCUT2D eigenvalue weighted by atomic mass is 19.1. The smallest absolute Gasteiger partial charge is 0.410 e. The molecule has 8 N–H and O–H groups in total. The van der Waals surface area contributed by atoms with Crippen LogP contribution in [0.3, 0.4) is 0 Å². The van der Waals surface area contributed by atoms with Gasteiger partial charge in [-0.3, -0.25) is 9.59 Å². The molecule has 20 heteroatoms. The third-order valence-corrected chi connectivity index (χ3v) is 14.5. The van der Waals surface area contributed by atoms with E-state index in [0.29, 0.717) is 59.8 Å². The van der Waals surface area contributed by atoms with Gasteiger partial charge in [0.15, 0.2) is 11.4 Å². The zero-order chi connectivity index (χ0) is 55.5. The van der Waals surface area contributed by atoms with Crippen LogP contribution in [0.4, 0.5) is 18.4 Å². The van der Waals surface area contributed by atoms with Gasteiger partial charge in [0, 0.05) is 61.2 Å². The molecule has 2 saturated carbocycles. The lowest BCUT2D eigenvalue weighted by Crippen LogP contribution is -2.53. The fourth-order valence-electron chi connectivity index (χ4n) is 10.7. The van der Waals surface area contributed by atoms with Crippen LogP contribution >= 0.6 is 0 Å². The first kappa shape index (κ1) is 56.4. The van der Waals surface area contributed by atoms with Gasteiger partial charge in [-0.05, 0) is 142 Å². The van der Waals surface area contributed by atoms with E-state index in [0.717, 1.165) is 11.1 Å². The number of likely N-dealkylation sites (tertiary alicyclic amines) is 2. The second-order valence-electron chi connectivity index (χ2n) is 24.1. The Labute approximate surface area is 447 Å². The summed E-state index contributed by atoms with van der Waals surface area (Å²) in [5.41, 5.74) is 11.2. The Kier molecular flexibility index (Phi) is 14.5. The number of halogens is 2. The number of carbonyl (C=O) groups is 4. The van der Waals surface area contributed by atoms with E-state index >= 15 is 0 Å². The Balaban J connectivity index is 0.000000201. The summed E-state index contributed by atoms with van der Waals surface area (Å²) in [5.74, 6) is 8.60. The Hall–Kier alpha value is -6.84. The normalized spacial score (nSPS) is 20.8. The van der Waals surface area contributed by atoms with Crippen molar-refractivity contribution in [3.63, 3.8) is 0 Å². The minimum absolute atomic E-state index is 0. The predicted molar refractivity (Wildman–Crippen MR) is 280 cm³/mol. The molecule has 0 unspecified atom stereocenters. The van der Waals surface area contributed by atoms with E-state index < -0.39 is 70.2 Å². The first-order valence-electron chi connectivity index (χ1n) is 25.6. The van der Waals surface area contributed by atoms with Crippen LogP contribution in [0.15, 0.2) is 24.3 Å². The van der Waals surface area contributed by atoms with Crippen molar-refractivity contribution >= 4 is 24.0 Å². The van der Waals surface area contributed by atoms with E-state index in [1.807, 2.05) is 9.13 Å². The molecule has 12 rings (SSSR count). The highest BCUT2D eigenvalue weighted by molar-refractivity contribution is 5.94. The molecule has 2 atom stereocenters. The van der Waals surface area contributed by atoms with Crippen LogP contribution in [0.5, 0.6) is 0 Å². The van der Waals surface area contributed by atoms with Gasteiger partial charge >= 0.3 is 12.2 Å². The molecule has 2 aromatic carbocycles. The number of hydrogen-bond acceptors (Lipinski definition) is 12. The monoisotopic (exact) mass is 1060 g/mol. The number of benzene rings is 2. The van der Waals surface area contributed by atoms with Crippen molar-refractivity contribution in [1.29, 1.82) is 0 Å². The summed E-state index contributed by atoms with van der Waals surface area (Å²) in [7, 11) is 0. The molecule has 18 nitrogen and oxygen atoms in total. The van der Waals surface area contributed by atoms with Gasteiger partial charge in [-0.15, -0.1) is 0 Å². The maximum atomic E-state index is 15.0. The highest BCUT2D eigenvalue weighted by Crippen LogP contribution is 2.56. The largest absolute Gasteiger partial charge is 0.444 e. The number of nitrogens with zero attached hydrogens (tertiary/aromatic N) is 6. The van der Waals surface area contributed by atoms with Crippen molar-refractivity contribution in [3.8, 4) is 46.5 Å². The maximum absolute atomic E-state index is 15.0. The van der Waals surface area contributed by atoms with Gasteiger partial charge in [0.05, 0.1) is 22.5 Å². The fourth-order valence-corrected chi connectivity index (χ4v) is 10.7.